The van der Waals surface area contributed by atoms with Gasteiger partial charge in [-0.3, -0.25) is 0 Å². The van der Waals surface area contributed by atoms with Crippen LogP contribution in [-0.2, 0) is 0 Å². The molecule has 0 radical (unpaired) electrons. The Morgan fingerprint density at radius 2 is 1.58 bits per heavy atom. The van der Waals surface area contributed by atoms with Crippen molar-refractivity contribution in [1.29, 1.82) is 0 Å². The fraction of sp³-hybridized carbons (Fsp3) is 1.00. The van der Waals surface area contributed by atoms with Crippen molar-refractivity contribution in [3.8, 4) is 0 Å². The summed E-state index contributed by atoms with van der Waals surface area (Å²) in [5, 5.41) is 13.0. The molecule has 114 valence electrons. The molecule has 1 rings (SSSR count). The lowest BCUT2D eigenvalue weighted by molar-refractivity contribution is 0.106. The molecule has 4 nitrogen and oxygen atoms in total. The number of nitrogens with zero attached hydrogens (tertiary/aromatic N) is 2. The molecule has 1 atom stereocenters. The number of aliphatic hydroxyl groups excluding tert-OH is 1. The Morgan fingerprint density at radius 3 is 2.05 bits per heavy atom. The topological polar surface area (TPSA) is 38.7 Å². The second kappa shape index (κ2) is 8.90. The Balaban J connectivity index is 2.24. The molecule has 1 heterocycles. The van der Waals surface area contributed by atoms with Crippen molar-refractivity contribution >= 4 is 0 Å². The molecule has 1 aliphatic heterocycles. The van der Waals surface area contributed by atoms with Crippen LogP contribution in [0, 0.1) is 0 Å². The summed E-state index contributed by atoms with van der Waals surface area (Å²) in [6.07, 6.45) is 3.39. The van der Waals surface area contributed by atoms with E-state index in [2.05, 4.69) is 35.9 Å². The smallest absolute Gasteiger partial charge is 0.0611 e. The molecule has 0 bridgehead atoms. The second-order valence-corrected chi connectivity index (χ2v) is 6.08. The molecule has 0 saturated carbocycles. The van der Waals surface area contributed by atoms with Gasteiger partial charge in [-0.05, 0) is 39.3 Å². The number of rotatable bonds is 9. The first-order chi connectivity index (χ1) is 9.13. The number of piperazine rings is 1. The van der Waals surface area contributed by atoms with Crippen LogP contribution in [0.2, 0.25) is 0 Å². The van der Waals surface area contributed by atoms with Crippen LogP contribution in [0.15, 0.2) is 0 Å². The maximum atomic E-state index is 9.56. The van der Waals surface area contributed by atoms with Crippen molar-refractivity contribution < 1.29 is 5.11 Å². The van der Waals surface area contributed by atoms with Crippen LogP contribution in [0.25, 0.3) is 0 Å². The molecule has 1 saturated heterocycles. The van der Waals surface area contributed by atoms with Crippen LogP contribution in [0.3, 0.4) is 0 Å². The van der Waals surface area contributed by atoms with Crippen molar-refractivity contribution in [2.45, 2.75) is 45.6 Å². The zero-order chi connectivity index (χ0) is 14.1. The third-order valence-corrected chi connectivity index (χ3v) is 4.14. The molecule has 4 heteroatoms. The van der Waals surface area contributed by atoms with Crippen molar-refractivity contribution in [3.05, 3.63) is 0 Å². The van der Waals surface area contributed by atoms with Gasteiger partial charge in [0.15, 0.2) is 0 Å². The molecule has 0 spiro atoms. The first kappa shape index (κ1) is 16.9. The van der Waals surface area contributed by atoms with Crippen LogP contribution in [0.1, 0.15) is 40.0 Å². The minimum Gasteiger partial charge on any atom is -0.394 e. The average molecular weight is 271 g/mol. The van der Waals surface area contributed by atoms with Crippen LogP contribution in [0.4, 0.5) is 0 Å². The van der Waals surface area contributed by atoms with Gasteiger partial charge < -0.3 is 20.2 Å². The van der Waals surface area contributed by atoms with Crippen molar-refractivity contribution in [1.82, 2.24) is 15.1 Å². The molecule has 1 unspecified atom stereocenters. The SMILES string of the molecule is CCCNC(C)(CO)CCN1CCN(CCC)CC1. The lowest BCUT2D eigenvalue weighted by Gasteiger charge is -2.37. The van der Waals surface area contributed by atoms with Crippen LogP contribution < -0.4 is 5.32 Å². The molecular formula is C15H33N3O. The van der Waals surface area contributed by atoms with Crippen LogP contribution in [0.5, 0.6) is 0 Å². The number of hydrogen-bond donors (Lipinski definition) is 2. The summed E-state index contributed by atoms with van der Waals surface area (Å²) in [4.78, 5) is 5.09. The van der Waals surface area contributed by atoms with E-state index in [1.165, 1.54) is 39.1 Å². The van der Waals surface area contributed by atoms with E-state index in [9.17, 15) is 5.11 Å². The van der Waals surface area contributed by atoms with E-state index in [-0.39, 0.29) is 12.1 Å². The Morgan fingerprint density at radius 1 is 1.00 bits per heavy atom. The quantitative estimate of drug-likeness (QED) is 0.660. The average Bonchev–Trinajstić information content (AvgIpc) is 2.45. The van der Waals surface area contributed by atoms with E-state index in [1.54, 1.807) is 0 Å². The molecule has 0 amide bonds. The predicted octanol–water partition coefficient (Wildman–Crippen LogP) is 1.15. The van der Waals surface area contributed by atoms with Crippen molar-refractivity contribution in [2.24, 2.45) is 0 Å². The minimum absolute atomic E-state index is 0.115. The van der Waals surface area contributed by atoms with Gasteiger partial charge in [0.25, 0.3) is 0 Å². The second-order valence-electron chi connectivity index (χ2n) is 6.08. The molecule has 0 aromatic carbocycles. The van der Waals surface area contributed by atoms with Crippen LogP contribution >= 0.6 is 0 Å². The lowest BCUT2D eigenvalue weighted by Crippen LogP contribution is -2.51. The molecule has 0 aromatic heterocycles. The van der Waals surface area contributed by atoms with E-state index < -0.39 is 0 Å². The third kappa shape index (κ3) is 6.21. The molecule has 0 aromatic rings. The van der Waals surface area contributed by atoms with Gasteiger partial charge in [-0.2, -0.15) is 0 Å². The summed E-state index contributed by atoms with van der Waals surface area (Å²) in [5.74, 6) is 0. The van der Waals surface area contributed by atoms with E-state index in [0.29, 0.717) is 0 Å². The van der Waals surface area contributed by atoms with Gasteiger partial charge in [0.1, 0.15) is 0 Å². The highest BCUT2D eigenvalue weighted by molar-refractivity contribution is 4.84. The number of hydrogen-bond acceptors (Lipinski definition) is 4. The van der Waals surface area contributed by atoms with Gasteiger partial charge in [0, 0.05) is 38.3 Å². The summed E-state index contributed by atoms with van der Waals surface area (Å²) in [6.45, 7) is 14.8. The van der Waals surface area contributed by atoms with Gasteiger partial charge in [0.2, 0.25) is 0 Å². The maximum Gasteiger partial charge on any atom is 0.0611 e. The van der Waals surface area contributed by atoms with Gasteiger partial charge in [-0.1, -0.05) is 13.8 Å². The van der Waals surface area contributed by atoms with E-state index in [1.807, 2.05) is 0 Å². The minimum atomic E-state index is -0.115. The summed E-state index contributed by atoms with van der Waals surface area (Å²) in [6, 6.07) is 0. The standard InChI is InChI=1S/C15H33N3O/c1-4-7-16-15(3,14-19)6-9-18-12-10-17(8-5-2)11-13-18/h16,19H,4-14H2,1-3H3. The van der Waals surface area contributed by atoms with Gasteiger partial charge in [0.05, 0.1) is 6.61 Å². The van der Waals surface area contributed by atoms with Gasteiger partial charge >= 0.3 is 0 Å². The molecular weight excluding hydrogens is 238 g/mol. The first-order valence-electron chi connectivity index (χ1n) is 7.94. The van der Waals surface area contributed by atoms with Crippen molar-refractivity contribution in [3.63, 3.8) is 0 Å². The Hall–Kier alpha value is -0.160. The van der Waals surface area contributed by atoms with Gasteiger partial charge in [-0.15, -0.1) is 0 Å². The Kier molecular flexibility index (Phi) is 7.91. The highest BCUT2D eigenvalue weighted by atomic mass is 16.3. The van der Waals surface area contributed by atoms with E-state index >= 15 is 0 Å². The third-order valence-electron chi connectivity index (χ3n) is 4.14. The zero-order valence-electron chi connectivity index (χ0n) is 13.1. The maximum absolute atomic E-state index is 9.56. The summed E-state index contributed by atoms with van der Waals surface area (Å²) in [5.41, 5.74) is -0.115. The van der Waals surface area contributed by atoms with Crippen molar-refractivity contribution in [2.75, 3.05) is 52.4 Å². The molecule has 1 fully saturated rings. The fourth-order valence-electron chi connectivity index (χ4n) is 2.61. The van der Waals surface area contributed by atoms with Crippen LogP contribution in [-0.4, -0.2) is 72.9 Å². The first-order valence-corrected chi connectivity index (χ1v) is 7.94. The fourth-order valence-corrected chi connectivity index (χ4v) is 2.61. The van der Waals surface area contributed by atoms with E-state index in [0.717, 1.165) is 25.9 Å². The highest BCUT2D eigenvalue weighted by Crippen LogP contribution is 2.11. The largest absolute Gasteiger partial charge is 0.394 e. The summed E-state index contributed by atoms with van der Waals surface area (Å²) in [7, 11) is 0. The molecule has 1 aliphatic rings. The van der Waals surface area contributed by atoms with E-state index in [4.69, 9.17) is 0 Å². The Labute approximate surface area is 119 Å². The number of nitrogens with one attached hydrogen (secondary N) is 1. The summed E-state index contributed by atoms with van der Waals surface area (Å²) < 4.78 is 0. The monoisotopic (exact) mass is 271 g/mol. The molecule has 2 N–H and O–H groups in total. The molecule has 0 aliphatic carbocycles. The van der Waals surface area contributed by atoms with Gasteiger partial charge in [-0.25, -0.2) is 0 Å². The lowest BCUT2D eigenvalue weighted by atomic mass is 9.98. The summed E-state index contributed by atoms with van der Waals surface area (Å²) >= 11 is 0. The number of aliphatic hydroxyl groups is 1. The zero-order valence-corrected chi connectivity index (χ0v) is 13.1. The predicted molar refractivity (Wildman–Crippen MR) is 81.6 cm³/mol. The molecule has 19 heavy (non-hydrogen) atoms. The Bertz CT molecular complexity index is 229. The normalized spacial score (nSPS) is 21.5. The highest BCUT2D eigenvalue weighted by Gasteiger charge is 2.24.